The third-order valence-corrected chi connectivity index (χ3v) is 8.81. The van der Waals surface area contributed by atoms with Crippen LogP contribution < -0.4 is 0 Å². The monoisotopic (exact) mass is 332 g/mol. The minimum atomic E-state index is -0.135. The van der Waals surface area contributed by atoms with E-state index in [9.17, 15) is 4.39 Å². The molecule has 0 nitrogen and oxygen atoms in total. The maximum atomic E-state index is 13.0. The SMILES string of the molecule is Fc1ccc(CC=CP(C2CCCCC2)C2CCCCC2)cc1. The molecule has 0 atom stereocenters. The van der Waals surface area contributed by atoms with Gasteiger partial charge in [0.05, 0.1) is 0 Å². The first-order chi connectivity index (χ1) is 11.3. The van der Waals surface area contributed by atoms with Gasteiger partial charge in [0, 0.05) is 0 Å². The molecule has 0 saturated heterocycles. The third kappa shape index (κ3) is 5.15. The van der Waals surface area contributed by atoms with Crippen molar-refractivity contribution < 1.29 is 4.39 Å². The number of halogens is 1. The van der Waals surface area contributed by atoms with Crippen LogP contribution in [0.2, 0.25) is 0 Å². The van der Waals surface area contributed by atoms with Crippen molar-refractivity contribution in [3.8, 4) is 0 Å². The topological polar surface area (TPSA) is 0 Å². The van der Waals surface area contributed by atoms with Crippen molar-refractivity contribution in [1.82, 2.24) is 0 Å². The molecule has 0 N–H and O–H groups in total. The molecule has 0 spiro atoms. The van der Waals surface area contributed by atoms with E-state index in [1.807, 2.05) is 12.1 Å². The Kier molecular flexibility index (Phi) is 6.69. The Hall–Kier alpha value is -0.680. The highest BCUT2D eigenvalue weighted by molar-refractivity contribution is 7.62. The Bertz CT molecular complexity index is 463. The fourth-order valence-electron chi connectivity index (χ4n) is 4.23. The first-order valence-electron chi connectivity index (χ1n) is 9.51. The van der Waals surface area contributed by atoms with Gasteiger partial charge in [0.25, 0.3) is 0 Å². The molecule has 2 heteroatoms. The number of rotatable bonds is 5. The van der Waals surface area contributed by atoms with Crippen molar-refractivity contribution in [2.75, 3.05) is 0 Å². The van der Waals surface area contributed by atoms with Crippen molar-refractivity contribution >= 4 is 7.92 Å². The molecule has 0 aromatic heterocycles. The predicted molar refractivity (Wildman–Crippen MR) is 99.9 cm³/mol. The Balaban J connectivity index is 1.64. The van der Waals surface area contributed by atoms with E-state index < -0.39 is 0 Å². The Labute approximate surface area is 142 Å². The summed E-state index contributed by atoms with van der Waals surface area (Å²) < 4.78 is 13.0. The van der Waals surface area contributed by atoms with Gasteiger partial charge in [-0.05, 0) is 61.1 Å². The van der Waals surface area contributed by atoms with Crippen molar-refractivity contribution in [1.29, 1.82) is 0 Å². The molecule has 1 aromatic carbocycles. The van der Waals surface area contributed by atoms with E-state index in [0.29, 0.717) is 0 Å². The molecule has 0 radical (unpaired) electrons. The van der Waals surface area contributed by atoms with Crippen LogP contribution in [0.25, 0.3) is 0 Å². The summed E-state index contributed by atoms with van der Waals surface area (Å²) in [4.78, 5) is 0. The summed E-state index contributed by atoms with van der Waals surface area (Å²) in [6.07, 6.45) is 17.9. The average Bonchev–Trinajstić information content (AvgIpc) is 2.62. The zero-order valence-corrected chi connectivity index (χ0v) is 15.1. The van der Waals surface area contributed by atoms with Gasteiger partial charge in [0.15, 0.2) is 0 Å². The molecular weight excluding hydrogens is 302 g/mol. The summed E-state index contributed by atoms with van der Waals surface area (Å²) in [5.41, 5.74) is 3.18. The van der Waals surface area contributed by atoms with Crippen molar-refractivity contribution in [2.45, 2.75) is 81.9 Å². The molecule has 2 saturated carbocycles. The van der Waals surface area contributed by atoms with E-state index in [-0.39, 0.29) is 13.7 Å². The van der Waals surface area contributed by atoms with Gasteiger partial charge in [-0.25, -0.2) is 4.39 Å². The maximum absolute atomic E-state index is 13.0. The van der Waals surface area contributed by atoms with Crippen LogP contribution in [-0.4, -0.2) is 11.3 Å². The van der Waals surface area contributed by atoms with Crippen molar-refractivity contribution in [3.63, 3.8) is 0 Å². The summed E-state index contributed by atoms with van der Waals surface area (Å²) in [6.45, 7) is 0. The number of allylic oxidation sites excluding steroid dienone is 1. The molecular formula is C21H30FP. The largest absolute Gasteiger partial charge is 0.207 e. The quantitative estimate of drug-likeness (QED) is 0.508. The zero-order valence-electron chi connectivity index (χ0n) is 14.2. The lowest BCUT2D eigenvalue weighted by atomic mass is 9.99. The third-order valence-electron chi connectivity index (χ3n) is 5.54. The second-order valence-corrected chi connectivity index (χ2v) is 9.90. The zero-order chi connectivity index (χ0) is 15.9. The number of benzene rings is 1. The van der Waals surface area contributed by atoms with Crippen LogP contribution in [0.15, 0.2) is 36.2 Å². The smallest absolute Gasteiger partial charge is 0.123 e. The molecule has 1 aromatic rings. The summed E-state index contributed by atoms with van der Waals surface area (Å²) in [7, 11) is 0.0459. The van der Waals surface area contributed by atoms with E-state index in [1.54, 1.807) is 12.1 Å². The van der Waals surface area contributed by atoms with E-state index in [4.69, 9.17) is 0 Å². The summed E-state index contributed by atoms with van der Waals surface area (Å²) in [5, 5.41) is 0. The van der Waals surface area contributed by atoms with Gasteiger partial charge >= 0.3 is 0 Å². The van der Waals surface area contributed by atoms with E-state index in [1.165, 1.54) is 69.8 Å². The molecule has 0 unspecified atom stereocenters. The number of hydrogen-bond acceptors (Lipinski definition) is 0. The second kappa shape index (κ2) is 8.97. The molecule has 2 fully saturated rings. The van der Waals surface area contributed by atoms with Gasteiger partial charge in [-0.3, -0.25) is 0 Å². The van der Waals surface area contributed by atoms with Crippen LogP contribution in [0.4, 0.5) is 4.39 Å². The van der Waals surface area contributed by atoms with Crippen LogP contribution in [0, 0.1) is 5.82 Å². The standard InChI is InChI=1S/C21H30FP/c22-19-15-13-18(14-16-19)8-7-17-23(20-9-3-1-4-10-20)21-11-5-2-6-12-21/h7,13-17,20-21H,1-6,8-12H2. The fraction of sp³-hybridized carbons (Fsp3) is 0.619. The van der Waals surface area contributed by atoms with Crippen LogP contribution in [0.5, 0.6) is 0 Å². The van der Waals surface area contributed by atoms with Crippen LogP contribution in [-0.2, 0) is 6.42 Å². The highest BCUT2D eigenvalue weighted by atomic mass is 31.1. The molecule has 0 amide bonds. The Morgan fingerprint density at radius 1 is 0.826 bits per heavy atom. The average molecular weight is 332 g/mol. The molecule has 0 heterocycles. The van der Waals surface area contributed by atoms with E-state index in [0.717, 1.165) is 17.7 Å². The minimum absolute atomic E-state index is 0.0459. The normalized spacial score (nSPS) is 21.3. The van der Waals surface area contributed by atoms with Gasteiger partial charge in [-0.15, -0.1) is 0 Å². The van der Waals surface area contributed by atoms with Gasteiger partial charge < -0.3 is 0 Å². The van der Waals surface area contributed by atoms with Crippen molar-refractivity contribution in [2.24, 2.45) is 0 Å². The number of hydrogen-bond donors (Lipinski definition) is 0. The van der Waals surface area contributed by atoms with Gasteiger partial charge in [0.2, 0.25) is 0 Å². The minimum Gasteiger partial charge on any atom is -0.207 e. The summed E-state index contributed by atoms with van der Waals surface area (Å²) in [5.74, 6) is 2.47. The van der Waals surface area contributed by atoms with Crippen molar-refractivity contribution in [3.05, 3.63) is 47.5 Å². The van der Waals surface area contributed by atoms with E-state index >= 15 is 0 Å². The maximum Gasteiger partial charge on any atom is 0.123 e. The van der Waals surface area contributed by atoms with Crippen LogP contribution in [0.3, 0.4) is 0 Å². The fourth-order valence-corrected chi connectivity index (χ4v) is 7.59. The van der Waals surface area contributed by atoms with Crippen LogP contribution >= 0.6 is 7.92 Å². The lowest BCUT2D eigenvalue weighted by Gasteiger charge is -2.36. The van der Waals surface area contributed by atoms with E-state index in [2.05, 4.69) is 11.9 Å². The van der Waals surface area contributed by atoms with Crippen LogP contribution in [0.1, 0.15) is 69.8 Å². The Morgan fingerprint density at radius 2 is 1.35 bits per heavy atom. The highest BCUT2D eigenvalue weighted by Crippen LogP contribution is 2.56. The summed E-state index contributed by atoms with van der Waals surface area (Å²) in [6, 6.07) is 6.99. The molecule has 2 aliphatic rings. The molecule has 0 bridgehead atoms. The second-order valence-electron chi connectivity index (χ2n) is 7.25. The lowest BCUT2D eigenvalue weighted by Crippen LogP contribution is -2.19. The molecule has 0 aliphatic heterocycles. The van der Waals surface area contributed by atoms with Gasteiger partial charge in [-0.2, -0.15) is 0 Å². The summed E-state index contributed by atoms with van der Waals surface area (Å²) >= 11 is 0. The van der Waals surface area contributed by atoms with Gasteiger partial charge in [-0.1, -0.05) is 70.5 Å². The first-order valence-corrected chi connectivity index (χ1v) is 11.1. The highest BCUT2D eigenvalue weighted by Gasteiger charge is 2.29. The Morgan fingerprint density at radius 3 is 1.87 bits per heavy atom. The molecule has 3 rings (SSSR count). The molecule has 23 heavy (non-hydrogen) atoms. The first kappa shape index (κ1) is 17.2. The molecule has 126 valence electrons. The lowest BCUT2D eigenvalue weighted by molar-refractivity contribution is 0.486. The van der Waals surface area contributed by atoms with Gasteiger partial charge in [0.1, 0.15) is 5.82 Å². The molecule has 2 aliphatic carbocycles. The predicted octanol–water partition coefficient (Wildman–Crippen LogP) is 7.03.